The molecule has 0 saturated carbocycles. The highest BCUT2D eigenvalue weighted by molar-refractivity contribution is 7.89. The van der Waals surface area contributed by atoms with Crippen LogP contribution >= 0.6 is 0 Å². The number of nitrogens with one attached hydrogen (secondary N) is 1. The van der Waals surface area contributed by atoms with Crippen molar-refractivity contribution >= 4 is 10.0 Å². The summed E-state index contributed by atoms with van der Waals surface area (Å²) in [5.41, 5.74) is 2.11. The summed E-state index contributed by atoms with van der Waals surface area (Å²) in [7, 11) is -0.483. The molecule has 3 aromatic carbocycles. The molecule has 200 valence electrons. The lowest BCUT2D eigenvalue weighted by molar-refractivity contribution is 0.105. The van der Waals surface area contributed by atoms with Crippen LogP contribution in [0.25, 0.3) is 0 Å². The lowest BCUT2D eigenvalue weighted by atomic mass is 10.0. The first-order chi connectivity index (χ1) is 17.7. The van der Waals surface area contributed by atoms with Crippen molar-refractivity contribution < 1.29 is 23.0 Å². The van der Waals surface area contributed by atoms with E-state index in [1.807, 2.05) is 68.4 Å². The Hall–Kier alpha value is -2.91. The molecule has 0 heterocycles. The first kappa shape index (κ1) is 28.7. The van der Waals surface area contributed by atoms with E-state index in [4.69, 9.17) is 9.47 Å². The van der Waals surface area contributed by atoms with Gasteiger partial charge in [-0.2, -0.15) is 4.31 Å². The smallest absolute Gasteiger partial charge is 0.243 e. The topological polar surface area (TPSA) is 88.1 Å². The second kappa shape index (κ2) is 13.6. The van der Waals surface area contributed by atoms with Crippen molar-refractivity contribution in [3.63, 3.8) is 0 Å². The maximum Gasteiger partial charge on any atom is 0.243 e. The van der Waals surface area contributed by atoms with Crippen LogP contribution in [0.15, 0.2) is 83.8 Å². The van der Waals surface area contributed by atoms with E-state index in [9.17, 15) is 13.5 Å². The van der Waals surface area contributed by atoms with Gasteiger partial charge in [-0.1, -0.05) is 56.3 Å². The number of hydrogen-bond acceptors (Lipinski definition) is 6. The Labute approximate surface area is 221 Å². The van der Waals surface area contributed by atoms with E-state index >= 15 is 0 Å². The van der Waals surface area contributed by atoms with Gasteiger partial charge in [-0.25, -0.2) is 8.42 Å². The molecule has 0 spiro atoms. The van der Waals surface area contributed by atoms with Crippen LogP contribution in [-0.4, -0.2) is 57.2 Å². The summed E-state index contributed by atoms with van der Waals surface area (Å²) in [4.78, 5) is 0.174. The molecule has 8 heteroatoms. The van der Waals surface area contributed by atoms with E-state index in [1.54, 1.807) is 19.2 Å². The van der Waals surface area contributed by atoms with E-state index in [0.717, 1.165) is 16.9 Å². The molecule has 7 nitrogen and oxygen atoms in total. The molecule has 0 aliphatic rings. The predicted molar refractivity (Wildman–Crippen MR) is 146 cm³/mol. The number of aliphatic hydroxyl groups is 1. The summed E-state index contributed by atoms with van der Waals surface area (Å²) in [5.74, 6) is 1.45. The van der Waals surface area contributed by atoms with Crippen molar-refractivity contribution in [2.75, 3.05) is 27.2 Å². The number of aliphatic hydroxyl groups excluding tert-OH is 1. The molecule has 3 aromatic rings. The highest BCUT2D eigenvalue weighted by Gasteiger charge is 2.30. The Morgan fingerprint density at radius 1 is 0.865 bits per heavy atom. The van der Waals surface area contributed by atoms with Crippen molar-refractivity contribution in [2.45, 2.75) is 43.9 Å². The van der Waals surface area contributed by atoms with Gasteiger partial charge in [0.2, 0.25) is 10.0 Å². The van der Waals surface area contributed by atoms with Crippen molar-refractivity contribution in [3.05, 3.63) is 90.0 Å². The van der Waals surface area contributed by atoms with E-state index in [1.165, 1.54) is 23.5 Å². The maximum absolute atomic E-state index is 13.4. The molecule has 0 radical (unpaired) electrons. The first-order valence-electron chi connectivity index (χ1n) is 12.5. The molecular weight excluding hydrogens is 488 g/mol. The van der Waals surface area contributed by atoms with Crippen molar-refractivity contribution in [3.8, 4) is 11.5 Å². The summed E-state index contributed by atoms with van der Waals surface area (Å²) < 4.78 is 39.2. The van der Waals surface area contributed by atoms with E-state index in [2.05, 4.69) is 5.32 Å². The molecule has 0 aliphatic carbocycles. The van der Waals surface area contributed by atoms with Crippen molar-refractivity contribution in [1.82, 2.24) is 9.62 Å². The second-order valence-corrected chi connectivity index (χ2v) is 11.4. The monoisotopic (exact) mass is 526 g/mol. The van der Waals surface area contributed by atoms with Crippen molar-refractivity contribution in [1.29, 1.82) is 0 Å². The van der Waals surface area contributed by atoms with Crippen LogP contribution in [-0.2, 0) is 23.1 Å². The number of benzene rings is 3. The van der Waals surface area contributed by atoms with Gasteiger partial charge in [-0.3, -0.25) is 0 Å². The van der Waals surface area contributed by atoms with E-state index < -0.39 is 16.1 Å². The Morgan fingerprint density at radius 3 is 2.05 bits per heavy atom. The maximum atomic E-state index is 13.4. The van der Waals surface area contributed by atoms with E-state index in [0.29, 0.717) is 25.3 Å². The van der Waals surface area contributed by atoms with Crippen LogP contribution in [0.5, 0.6) is 11.5 Å². The van der Waals surface area contributed by atoms with Gasteiger partial charge in [0.25, 0.3) is 0 Å². The summed E-state index contributed by atoms with van der Waals surface area (Å²) >= 11 is 0. The lowest BCUT2D eigenvalue weighted by Crippen LogP contribution is -2.48. The summed E-state index contributed by atoms with van der Waals surface area (Å²) in [6.45, 7) is 4.69. The Morgan fingerprint density at radius 2 is 1.49 bits per heavy atom. The molecule has 2 atom stereocenters. The molecule has 0 bridgehead atoms. The van der Waals surface area contributed by atoms with Gasteiger partial charge in [-0.05, 0) is 66.9 Å². The minimum atomic E-state index is -3.79. The minimum Gasteiger partial charge on any atom is -0.497 e. The number of ether oxygens (including phenoxy) is 2. The van der Waals surface area contributed by atoms with Gasteiger partial charge in [0, 0.05) is 19.1 Å². The predicted octanol–water partition coefficient (Wildman–Crippen LogP) is 4.11. The fraction of sp³-hybridized carbons (Fsp3) is 0.379. The molecule has 0 amide bonds. The molecule has 2 N–H and O–H groups in total. The van der Waals surface area contributed by atoms with Gasteiger partial charge >= 0.3 is 0 Å². The summed E-state index contributed by atoms with van der Waals surface area (Å²) in [6, 6.07) is 23.7. The van der Waals surface area contributed by atoms with Gasteiger partial charge in [0.05, 0.1) is 18.1 Å². The number of rotatable bonds is 14. The summed E-state index contributed by atoms with van der Waals surface area (Å²) in [6.07, 6.45) is -0.375. The third kappa shape index (κ3) is 8.30. The van der Waals surface area contributed by atoms with Crippen LogP contribution in [0.2, 0.25) is 0 Å². The van der Waals surface area contributed by atoms with Gasteiger partial charge < -0.3 is 19.9 Å². The zero-order valence-electron chi connectivity index (χ0n) is 22.0. The minimum absolute atomic E-state index is 0.0175. The highest BCUT2D eigenvalue weighted by Crippen LogP contribution is 2.22. The van der Waals surface area contributed by atoms with Crippen molar-refractivity contribution in [2.24, 2.45) is 5.92 Å². The molecule has 0 aromatic heterocycles. The summed E-state index contributed by atoms with van der Waals surface area (Å²) in [5, 5.41) is 14.3. The second-order valence-electron chi connectivity index (χ2n) is 9.48. The average molecular weight is 527 g/mol. The molecule has 0 saturated heterocycles. The van der Waals surface area contributed by atoms with Crippen LogP contribution in [0, 0.1) is 5.92 Å². The Bertz CT molecular complexity index is 1180. The molecule has 0 unspecified atom stereocenters. The molecule has 37 heavy (non-hydrogen) atoms. The largest absolute Gasteiger partial charge is 0.497 e. The molecule has 0 fully saturated rings. The lowest BCUT2D eigenvalue weighted by Gasteiger charge is -2.30. The third-order valence-electron chi connectivity index (χ3n) is 6.12. The number of nitrogens with zero attached hydrogens (tertiary/aromatic N) is 1. The SMILES string of the molecule is CN[C@@H](Cc1ccc(OCc2ccccc2)cc1)[C@H](O)CN(CC(C)C)S(=O)(=O)c1ccc(OC)cc1. The normalized spacial score (nSPS) is 13.5. The van der Waals surface area contributed by atoms with Crippen LogP contribution in [0.1, 0.15) is 25.0 Å². The number of sulfonamides is 1. The standard InChI is InChI=1S/C29H38N2O5S/c1-22(2)19-31(37(33,34)27-16-14-25(35-4)15-17-27)20-29(32)28(30-3)18-23-10-12-26(13-11-23)36-21-24-8-6-5-7-9-24/h5-17,22,28-30,32H,18-21H2,1-4H3/t28-,29+/m0/s1. The Balaban J connectivity index is 1.66. The molecular formula is C29H38N2O5S. The molecule has 3 rings (SSSR count). The number of likely N-dealkylation sites (N-methyl/N-ethyl adjacent to an activating group) is 1. The quantitative estimate of drug-likeness (QED) is 0.329. The highest BCUT2D eigenvalue weighted by atomic mass is 32.2. The molecule has 0 aliphatic heterocycles. The number of hydrogen-bond donors (Lipinski definition) is 2. The third-order valence-corrected chi connectivity index (χ3v) is 7.97. The fourth-order valence-corrected chi connectivity index (χ4v) is 5.68. The number of methoxy groups -OCH3 is 1. The zero-order valence-corrected chi connectivity index (χ0v) is 22.8. The van der Waals surface area contributed by atoms with Crippen LogP contribution in [0.3, 0.4) is 0 Å². The van der Waals surface area contributed by atoms with Crippen LogP contribution < -0.4 is 14.8 Å². The fourth-order valence-electron chi connectivity index (χ4n) is 4.06. The van der Waals surface area contributed by atoms with Gasteiger partial charge in [0.1, 0.15) is 18.1 Å². The van der Waals surface area contributed by atoms with E-state index in [-0.39, 0.29) is 23.4 Å². The van der Waals surface area contributed by atoms with Crippen LogP contribution in [0.4, 0.5) is 0 Å². The average Bonchev–Trinajstić information content (AvgIpc) is 2.91. The van der Waals surface area contributed by atoms with Gasteiger partial charge in [0.15, 0.2) is 0 Å². The first-order valence-corrected chi connectivity index (χ1v) is 13.9. The zero-order chi connectivity index (χ0) is 26.8. The Kier molecular flexibility index (Phi) is 10.5. The van der Waals surface area contributed by atoms with Gasteiger partial charge in [-0.15, -0.1) is 0 Å².